The van der Waals surface area contributed by atoms with E-state index in [1.54, 1.807) is 0 Å². The third-order valence-electron chi connectivity index (χ3n) is 2.79. The Morgan fingerprint density at radius 1 is 1.12 bits per heavy atom. The molecule has 2 nitrogen and oxygen atoms in total. The first-order valence-electron chi connectivity index (χ1n) is 5.10. The van der Waals surface area contributed by atoms with Gasteiger partial charge in [-0.05, 0) is 6.07 Å². The standard InChI is InChI=1S/C13H13N2.HI/c1-15(2)8-7-11-10-5-3-4-6-12(10)14-13(11)9-15;/h3-9H,1-2H3;1H/q+1;/p-1. The predicted molar refractivity (Wildman–Crippen MR) is 60.0 cm³/mol. The van der Waals surface area contributed by atoms with Gasteiger partial charge in [0.1, 0.15) is 18.1 Å². The average Bonchev–Trinajstić information content (AvgIpc) is 2.52. The van der Waals surface area contributed by atoms with Crippen LogP contribution < -0.4 is 34.6 Å². The Morgan fingerprint density at radius 3 is 2.69 bits per heavy atom. The summed E-state index contributed by atoms with van der Waals surface area (Å²) in [5, 5.41) is 2.34. The minimum Gasteiger partial charge on any atom is -1.00 e. The van der Waals surface area contributed by atoms with Gasteiger partial charge in [0, 0.05) is 16.9 Å². The lowest BCUT2D eigenvalue weighted by Crippen LogP contribution is -3.00. The SMILES string of the molecule is C[N+]1(C)C=CC2=c3ccccc3=NC2=C1.[I-]. The maximum Gasteiger partial charge on any atom is 0.127 e. The zero-order valence-electron chi connectivity index (χ0n) is 9.31. The predicted octanol–water partition coefficient (Wildman–Crippen LogP) is -2.08. The Kier molecular flexibility index (Phi) is 2.75. The Hall–Kier alpha value is -0.940. The third kappa shape index (κ3) is 1.74. The molecule has 0 aliphatic carbocycles. The van der Waals surface area contributed by atoms with Crippen LogP contribution in [0.1, 0.15) is 0 Å². The number of rotatable bonds is 0. The molecule has 0 spiro atoms. The summed E-state index contributed by atoms with van der Waals surface area (Å²) in [6.07, 6.45) is 6.52. The van der Waals surface area contributed by atoms with E-state index in [1.807, 2.05) is 6.07 Å². The molecular formula is C13H13IN2. The number of halogens is 1. The van der Waals surface area contributed by atoms with Crippen LogP contribution in [-0.4, -0.2) is 18.6 Å². The molecule has 0 saturated carbocycles. The van der Waals surface area contributed by atoms with Gasteiger partial charge in [-0.2, -0.15) is 0 Å². The molecule has 0 saturated heterocycles. The molecule has 2 aliphatic heterocycles. The van der Waals surface area contributed by atoms with E-state index < -0.39 is 0 Å². The fourth-order valence-corrected chi connectivity index (χ4v) is 2.03. The fraction of sp³-hybridized carbons (Fsp3) is 0.154. The van der Waals surface area contributed by atoms with Gasteiger partial charge >= 0.3 is 0 Å². The lowest BCUT2D eigenvalue weighted by atomic mass is 10.1. The number of allylic oxidation sites excluding steroid dienone is 1. The zero-order valence-corrected chi connectivity index (χ0v) is 11.5. The number of quaternary nitrogens is 1. The summed E-state index contributed by atoms with van der Waals surface area (Å²) in [5.74, 6) is 0. The Balaban J connectivity index is 0.000000963. The van der Waals surface area contributed by atoms with Crippen molar-refractivity contribution in [2.24, 2.45) is 4.99 Å². The van der Waals surface area contributed by atoms with E-state index in [1.165, 1.54) is 10.8 Å². The molecule has 2 aliphatic rings. The molecule has 1 aromatic rings. The van der Waals surface area contributed by atoms with E-state index in [-0.39, 0.29) is 24.0 Å². The molecule has 1 aromatic carbocycles. The van der Waals surface area contributed by atoms with Crippen LogP contribution in [0.5, 0.6) is 0 Å². The van der Waals surface area contributed by atoms with Crippen molar-refractivity contribution >= 4 is 5.57 Å². The highest BCUT2D eigenvalue weighted by Crippen LogP contribution is 2.23. The van der Waals surface area contributed by atoms with Gasteiger partial charge in [0.15, 0.2) is 0 Å². The van der Waals surface area contributed by atoms with Crippen LogP contribution in [0.4, 0.5) is 0 Å². The first-order chi connectivity index (χ1) is 7.16. The van der Waals surface area contributed by atoms with Crippen LogP contribution in [0.15, 0.2) is 53.4 Å². The largest absolute Gasteiger partial charge is 1.00 e. The Morgan fingerprint density at radius 2 is 1.88 bits per heavy atom. The van der Waals surface area contributed by atoms with Gasteiger partial charge in [-0.15, -0.1) is 0 Å². The highest BCUT2D eigenvalue weighted by molar-refractivity contribution is 5.74. The van der Waals surface area contributed by atoms with E-state index >= 15 is 0 Å². The van der Waals surface area contributed by atoms with E-state index in [0.717, 1.165) is 15.5 Å². The van der Waals surface area contributed by atoms with Crippen molar-refractivity contribution in [1.29, 1.82) is 0 Å². The summed E-state index contributed by atoms with van der Waals surface area (Å²) < 4.78 is 0.760. The highest BCUT2D eigenvalue weighted by atomic mass is 127. The minimum absolute atomic E-state index is 0. The van der Waals surface area contributed by atoms with Crippen molar-refractivity contribution < 1.29 is 28.5 Å². The fourth-order valence-electron chi connectivity index (χ4n) is 2.03. The van der Waals surface area contributed by atoms with Crippen LogP contribution in [0.25, 0.3) is 5.57 Å². The lowest BCUT2D eigenvalue weighted by molar-refractivity contribution is -0.784. The second-order valence-corrected chi connectivity index (χ2v) is 4.50. The van der Waals surface area contributed by atoms with Gasteiger partial charge in [0.2, 0.25) is 0 Å². The van der Waals surface area contributed by atoms with Crippen LogP contribution >= 0.6 is 0 Å². The normalized spacial score (nSPS) is 19.1. The number of fused-ring (bicyclic) bond motifs is 2. The first kappa shape index (κ1) is 11.5. The zero-order chi connectivity index (χ0) is 10.5. The first-order valence-corrected chi connectivity index (χ1v) is 5.10. The molecule has 0 atom stereocenters. The topological polar surface area (TPSA) is 12.4 Å². The smallest absolute Gasteiger partial charge is 0.127 e. The summed E-state index contributed by atoms with van der Waals surface area (Å²) >= 11 is 0. The summed E-state index contributed by atoms with van der Waals surface area (Å²) in [5.41, 5.74) is 2.35. The molecule has 0 bridgehead atoms. The van der Waals surface area contributed by atoms with Gasteiger partial charge < -0.3 is 24.0 Å². The molecule has 2 heterocycles. The van der Waals surface area contributed by atoms with E-state index in [2.05, 4.69) is 55.8 Å². The number of para-hydroxylation sites is 1. The molecule has 3 rings (SSSR count). The Labute approximate surface area is 112 Å². The molecule has 3 heteroatoms. The maximum atomic E-state index is 4.63. The number of benzene rings is 1. The highest BCUT2D eigenvalue weighted by Gasteiger charge is 2.21. The van der Waals surface area contributed by atoms with Crippen molar-refractivity contribution in [3.05, 3.63) is 59.0 Å². The molecule has 0 N–H and O–H groups in total. The molecule has 82 valence electrons. The summed E-state index contributed by atoms with van der Waals surface area (Å²) in [7, 11) is 4.28. The van der Waals surface area contributed by atoms with Crippen molar-refractivity contribution in [3.63, 3.8) is 0 Å². The van der Waals surface area contributed by atoms with E-state index in [0.29, 0.717) is 0 Å². The molecule has 0 radical (unpaired) electrons. The third-order valence-corrected chi connectivity index (χ3v) is 2.79. The second-order valence-electron chi connectivity index (χ2n) is 4.50. The quantitative estimate of drug-likeness (QED) is 0.384. The van der Waals surface area contributed by atoms with Crippen LogP contribution in [0.2, 0.25) is 0 Å². The monoisotopic (exact) mass is 324 g/mol. The maximum absolute atomic E-state index is 4.63. The summed E-state index contributed by atoms with van der Waals surface area (Å²) in [4.78, 5) is 4.63. The van der Waals surface area contributed by atoms with E-state index in [4.69, 9.17) is 0 Å². The lowest BCUT2D eigenvalue weighted by Gasteiger charge is -2.23. The van der Waals surface area contributed by atoms with Gasteiger partial charge in [-0.1, -0.05) is 18.2 Å². The number of hydrogen-bond acceptors (Lipinski definition) is 1. The number of hydrogen-bond donors (Lipinski definition) is 0. The van der Waals surface area contributed by atoms with Crippen LogP contribution in [0, 0.1) is 0 Å². The van der Waals surface area contributed by atoms with Crippen molar-refractivity contribution in [3.8, 4) is 0 Å². The van der Waals surface area contributed by atoms with Crippen LogP contribution in [-0.2, 0) is 0 Å². The molecular weight excluding hydrogens is 311 g/mol. The molecule has 0 unspecified atom stereocenters. The summed E-state index contributed by atoms with van der Waals surface area (Å²) in [6.45, 7) is 0. The molecule has 0 amide bonds. The van der Waals surface area contributed by atoms with Gasteiger partial charge in [0.05, 0.1) is 19.5 Å². The van der Waals surface area contributed by atoms with Gasteiger partial charge in [-0.25, -0.2) is 4.99 Å². The second kappa shape index (κ2) is 3.82. The molecule has 0 fully saturated rings. The molecule has 16 heavy (non-hydrogen) atoms. The van der Waals surface area contributed by atoms with E-state index in [9.17, 15) is 0 Å². The van der Waals surface area contributed by atoms with Gasteiger partial charge in [0.25, 0.3) is 0 Å². The van der Waals surface area contributed by atoms with Crippen molar-refractivity contribution in [2.75, 3.05) is 14.1 Å². The Bertz CT molecular complexity index is 609. The van der Waals surface area contributed by atoms with Gasteiger partial charge in [-0.3, -0.25) is 4.48 Å². The molecule has 0 aromatic heterocycles. The van der Waals surface area contributed by atoms with Crippen molar-refractivity contribution in [1.82, 2.24) is 0 Å². The number of nitrogens with zero attached hydrogens (tertiary/aromatic N) is 2. The minimum atomic E-state index is 0. The van der Waals surface area contributed by atoms with Crippen molar-refractivity contribution in [2.45, 2.75) is 0 Å². The summed E-state index contributed by atoms with van der Waals surface area (Å²) in [6, 6.07) is 8.29. The average molecular weight is 324 g/mol. The van der Waals surface area contributed by atoms with Crippen LogP contribution in [0.3, 0.4) is 0 Å².